The van der Waals surface area contributed by atoms with Gasteiger partial charge in [-0.1, -0.05) is 0 Å². The Morgan fingerprint density at radius 2 is 2.31 bits per heavy atom. The maximum atomic E-state index is 10.4. The molecule has 1 atom stereocenters. The number of carbonyl (C=O) groups is 2. The van der Waals surface area contributed by atoms with Crippen LogP contribution in [0.5, 0.6) is 0 Å². The number of hydrogen-bond acceptors (Lipinski definition) is 3. The Morgan fingerprint density at radius 3 is 2.69 bits per heavy atom. The van der Waals surface area contributed by atoms with Gasteiger partial charge < -0.3 is 15.2 Å². The third kappa shape index (κ3) is 5.19. The summed E-state index contributed by atoms with van der Waals surface area (Å²) in [4.78, 5) is 20.6. The molecule has 5 nitrogen and oxygen atoms in total. The van der Waals surface area contributed by atoms with Gasteiger partial charge in [0.1, 0.15) is 0 Å². The predicted molar refractivity (Wildman–Crippen MR) is 46.4 cm³/mol. The van der Waals surface area contributed by atoms with Gasteiger partial charge in [0.05, 0.1) is 18.6 Å². The topological polar surface area (TPSA) is 75.6 Å². The van der Waals surface area contributed by atoms with Crippen LogP contribution in [0, 0.1) is 0 Å². The number of ether oxygens (including phenoxy) is 1. The van der Waals surface area contributed by atoms with E-state index in [-0.39, 0.29) is 13.0 Å². The quantitative estimate of drug-likeness (QED) is 0.553. The lowest BCUT2D eigenvalue weighted by atomic mass is 10.00. The van der Waals surface area contributed by atoms with Crippen LogP contribution in [0.15, 0.2) is 0 Å². The Balaban J connectivity index is 4.14. The van der Waals surface area contributed by atoms with Crippen molar-refractivity contribution in [1.29, 1.82) is 0 Å². The summed E-state index contributed by atoms with van der Waals surface area (Å²) in [5, 5.41) is 11.0. The van der Waals surface area contributed by atoms with E-state index in [0.717, 1.165) is 0 Å². The third-order valence-electron chi connectivity index (χ3n) is 1.57. The fourth-order valence-corrected chi connectivity index (χ4v) is 0.947. The molecule has 13 heavy (non-hydrogen) atoms. The molecule has 2 N–H and O–H groups in total. The van der Waals surface area contributed by atoms with Crippen LogP contribution in [0.3, 0.4) is 0 Å². The van der Waals surface area contributed by atoms with Gasteiger partial charge in [-0.2, -0.15) is 0 Å². The SMILES string of the molecule is CCOCC(C)(CC(=O)O)NC=O. The number of carbonyl (C=O) groups excluding carboxylic acids is 1. The van der Waals surface area contributed by atoms with E-state index in [0.29, 0.717) is 13.0 Å². The van der Waals surface area contributed by atoms with Crippen LogP contribution < -0.4 is 5.32 Å². The van der Waals surface area contributed by atoms with Crippen molar-refractivity contribution in [2.75, 3.05) is 13.2 Å². The minimum atomic E-state index is -0.962. The second-order valence-electron chi connectivity index (χ2n) is 3.03. The van der Waals surface area contributed by atoms with Crippen molar-refractivity contribution >= 4 is 12.4 Å². The average Bonchev–Trinajstić information content (AvgIpc) is 2.00. The summed E-state index contributed by atoms with van der Waals surface area (Å²) in [6.45, 7) is 4.14. The predicted octanol–water partition coefficient (Wildman–Crippen LogP) is 0.00230. The number of carboxylic acids is 1. The van der Waals surface area contributed by atoms with Gasteiger partial charge in [0, 0.05) is 6.61 Å². The molecule has 0 aromatic carbocycles. The van der Waals surface area contributed by atoms with E-state index in [4.69, 9.17) is 9.84 Å². The molecule has 0 fully saturated rings. The van der Waals surface area contributed by atoms with Gasteiger partial charge in [-0.3, -0.25) is 9.59 Å². The molecule has 1 unspecified atom stereocenters. The summed E-state index contributed by atoms with van der Waals surface area (Å²) in [6.07, 6.45) is 0.341. The van der Waals surface area contributed by atoms with E-state index in [1.807, 2.05) is 6.92 Å². The van der Waals surface area contributed by atoms with E-state index in [1.54, 1.807) is 6.92 Å². The molecule has 1 amide bonds. The highest BCUT2D eigenvalue weighted by molar-refractivity contribution is 5.69. The van der Waals surface area contributed by atoms with Crippen molar-refractivity contribution in [1.82, 2.24) is 5.32 Å². The lowest BCUT2D eigenvalue weighted by Gasteiger charge is -2.26. The molecule has 0 radical (unpaired) electrons. The number of rotatable bonds is 7. The summed E-state index contributed by atoms with van der Waals surface area (Å²) >= 11 is 0. The number of aliphatic carboxylic acids is 1. The van der Waals surface area contributed by atoms with Gasteiger partial charge in [0.25, 0.3) is 0 Å². The molecule has 0 rings (SSSR count). The smallest absolute Gasteiger partial charge is 0.305 e. The van der Waals surface area contributed by atoms with Gasteiger partial charge in [0.15, 0.2) is 0 Å². The number of hydrogen-bond donors (Lipinski definition) is 2. The summed E-state index contributed by atoms with van der Waals surface area (Å²) in [5.74, 6) is -0.962. The van der Waals surface area contributed by atoms with Gasteiger partial charge in [-0.25, -0.2) is 0 Å². The third-order valence-corrected chi connectivity index (χ3v) is 1.57. The minimum absolute atomic E-state index is 0.147. The number of carboxylic acid groups (broad SMARTS) is 1. The highest BCUT2D eigenvalue weighted by Crippen LogP contribution is 2.09. The molecule has 0 aromatic rings. The molecule has 0 aliphatic rings. The number of amides is 1. The fourth-order valence-electron chi connectivity index (χ4n) is 0.947. The molecule has 0 aromatic heterocycles. The average molecular weight is 189 g/mol. The maximum Gasteiger partial charge on any atom is 0.305 e. The fraction of sp³-hybridized carbons (Fsp3) is 0.750. The zero-order valence-corrected chi connectivity index (χ0v) is 7.87. The Hall–Kier alpha value is -1.10. The Kier molecular flexibility index (Phi) is 5.06. The van der Waals surface area contributed by atoms with Crippen molar-refractivity contribution in [3.63, 3.8) is 0 Å². The first-order chi connectivity index (χ1) is 6.04. The van der Waals surface area contributed by atoms with Crippen molar-refractivity contribution < 1.29 is 19.4 Å². The van der Waals surface area contributed by atoms with Crippen LogP contribution in [0.1, 0.15) is 20.3 Å². The van der Waals surface area contributed by atoms with Gasteiger partial charge in [-0.15, -0.1) is 0 Å². The molecule has 0 spiro atoms. The molecule has 0 bridgehead atoms. The molecular formula is C8H15NO4. The number of nitrogens with one attached hydrogen (secondary N) is 1. The molecule has 0 saturated carbocycles. The first kappa shape index (κ1) is 11.9. The maximum absolute atomic E-state index is 10.4. The van der Waals surface area contributed by atoms with E-state index in [1.165, 1.54) is 0 Å². The van der Waals surface area contributed by atoms with E-state index in [9.17, 15) is 9.59 Å². The Labute approximate surface area is 77.1 Å². The summed E-state index contributed by atoms with van der Waals surface area (Å²) in [5.41, 5.74) is -0.816. The molecule has 76 valence electrons. The molecule has 0 saturated heterocycles. The van der Waals surface area contributed by atoms with Crippen molar-refractivity contribution in [3.8, 4) is 0 Å². The van der Waals surface area contributed by atoms with Crippen molar-refractivity contribution in [2.24, 2.45) is 0 Å². The Morgan fingerprint density at radius 1 is 1.69 bits per heavy atom. The van der Waals surface area contributed by atoms with Crippen LogP contribution in [0.4, 0.5) is 0 Å². The van der Waals surface area contributed by atoms with E-state index < -0.39 is 11.5 Å². The molecule has 0 aliphatic carbocycles. The van der Waals surface area contributed by atoms with Crippen LogP contribution >= 0.6 is 0 Å². The van der Waals surface area contributed by atoms with E-state index >= 15 is 0 Å². The highest BCUT2D eigenvalue weighted by Gasteiger charge is 2.26. The lowest BCUT2D eigenvalue weighted by molar-refractivity contribution is -0.139. The Bertz CT molecular complexity index is 183. The monoisotopic (exact) mass is 189 g/mol. The first-order valence-corrected chi connectivity index (χ1v) is 4.05. The van der Waals surface area contributed by atoms with Gasteiger partial charge >= 0.3 is 5.97 Å². The van der Waals surface area contributed by atoms with Crippen LogP contribution in [-0.4, -0.2) is 36.2 Å². The molecule has 5 heteroatoms. The highest BCUT2D eigenvalue weighted by atomic mass is 16.5. The van der Waals surface area contributed by atoms with Crippen molar-refractivity contribution in [3.05, 3.63) is 0 Å². The van der Waals surface area contributed by atoms with Gasteiger partial charge in [-0.05, 0) is 13.8 Å². The standard InChI is InChI=1S/C8H15NO4/c1-3-13-5-8(2,9-6-10)4-7(11)12/h6H,3-5H2,1-2H3,(H,9,10)(H,11,12). The summed E-state index contributed by atoms with van der Waals surface area (Å²) in [7, 11) is 0. The molecule has 0 heterocycles. The summed E-state index contributed by atoms with van der Waals surface area (Å²) < 4.78 is 5.07. The molecular weight excluding hydrogens is 174 g/mol. The zero-order chi connectivity index (χ0) is 10.3. The van der Waals surface area contributed by atoms with Crippen LogP contribution in [0.2, 0.25) is 0 Å². The normalized spacial score (nSPS) is 14.6. The molecule has 0 aliphatic heterocycles. The van der Waals surface area contributed by atoms with Crippen LogP contribution in [0.25, 0.3) is 0 Å². The lowest BCUT2D eigenvalue weighted by Crippen LogP contribution is -2.47. The second-order valence-corrected chi connectivity index (χ2v) is 3.03. The minimum Gasteiger partial charge on any atom is -0.481 e. The first-order valence-electron chi connectivity index (χ1n) is 4.05. The van der Waals surface area contributed by atoms with Crippen LogP contribution in [-0.2, 0) is 14.3 Å². The zero-order valence-electron chi connectivity index (χ0n) is 7.87. The largest absolute Gasteiger partial charge is 0.481 e. The summed E-state index contributed by atoms with van der Waals surface area (Å²) in [6, 6.07) is 0. The van der Waals surface area contributed by atoms with E-state index in [2.05, 4.69) is 5.32 Å². The second kappa shape index (κ2) is 5.53. The van der Waals surface area contributed by atoms with Crippen molar-refractivity contribution in [2.45, 2.75) is 25.8 Å². The van der Waals surface area contributed by atoms with Gasteiger partial charge in [0.2, 0.25) is 6.41 Å².